The van der Waals surface area contributed by atoms with Crippen molar-refractivity contribution in [1.29, 1.82) is 0 Å². The standard InChI is InChI=1S/C18H25NO/c1-14-6-8-15(9-7-14)12-18-17-5-3-2-4-16(17)10-11-19(18)13-20/h6-9,13,16-18H,2-5,10-12H2,1H3/t16?,17?,18-/m0/s1. The molecule has 3 atom stereocenters. The highest BCUT2D eigenvalue weighted by molar-refractivity contribution is 5.48. The minimum Gasteiger partial charge on any atom is -0.342 e. The number of aryl methyl sites for hydroxylation is 1. The van der Waals surface area contributed by atoms with Crippen molar-refractivity contribution in [3.63, 3.8) is 0 Å². The van der Waals surface area contributed by atoms with Crippen LogP contribution in [0.25, 0.3) is 0 Å². The minimum atomic E-state index is 0.425. The van der Waals surface area contributed by atoms with Crippen LogP contribution in [0.1, 0.15) is 43.2 Å². The van der Waals surface area contributed by atoms with E-state index >= 15 is 0 Å². The Balaban J connectivity index is 1.78. The zero-order valence-corrected chi connectivity index (χ0v) is 12.4. The van der Waals surface area contributed by atoms with E-state index < -0.39 is 0 Å². The van der Waals surface area contributed by atoms with Crippen molar-refractivity contribution in [2.24, 2.45) is 11.8 Å². The summed E-state index contributed by atoms with van der Waals surface area (Å²) >= 11 is 0. The molecule has 1 heterocycles. The summed E-state index contributed by atoms with van der Waals surface area (Å²) in [5, 5.41) is 0. The second-order valence-corrected chi connectivity index (χ2v) is 6.60. The van der Waals surface area contributed by atoms with Crippen LogP contribution in [0.15, 0.2) is 24.3 Å². The molecule has 1 saturated heterocycles. The molecule has 108 valence electrons. The van der Waals surface area contributed by atoms with Gasteiger partial charge >= 0.3 is 0 Å². The van der Waals surface area contributed by atoms with Crippen molar-refractivity contribution < 1.29 is 4.79 Å². The van der Waals surface area contributed by atoms with Crippen molar-refractivity contribution in [3.8, 4) is 0 Å². The maximum absolute atomic E-state index is 11.4. The second-order valence-electron chi connectivity index (χ2n) is 6.60. The van der Waals surface area contributed by atoms with Gasteiger partial charge in [-0.2, -0.15) is 0 Å². The molecule has 20 heavy (non-hydrogen) atoms. The molecule has 1 aliphatic heterocycles. The number of carbonyl (C=O) groups excluding carboxylic acids is 1. The van der Waals surface area contributed by atoms with Gasteiger partial charge in [-0.05, 0) is 43.6 Å². The van der Waals surface area contributed by atoms with Gasteiger partial charge in [-0.25, -0.2) is 0 Å². The van der Waals surface area contributed by atoms with Crippen LogP contribution in [0.2, 0.25) is 0 Å². The zero-order chi connectivity index (χ0) is 13.9. The van der Waals surface area contributed by atoms with E-state index in [1.807, 2.05) is 0 Å². The number of fused-ring (bicyclic) bond motifs is 1. The van der Waals surface area contributed by atoms with E-state index in [2.05, 4.69) is 36.1 Å². The fourth-order valence-electron chi connectivity index (χ4n) is 4.19. The number of carbonyl (C=O) groups is 1. The monoisotopic (exact) mass is 271 g/mol. The highest BCUT2D eigenvalue weighted by atomic mass is 16.1. The number of piperidine rings is 1. The SMILES string of the molecule is Cc1ccc(C[C@H]2C3CCCCC3CCN2C=O)cc1. The summed E-state index contributed by atoms with van der Waals surface area (Å²) < 4.78 is 0. The van der Waals surface area contributed by atoms with Crippen LogP contribution in [-0.4, -0.2) is 23.9 Å². The maximum atomic E-state index is 11.4. The number of benzene rings is 1. The lowest BCUT2D eigenvalue weighted by Crippen LogP contribution is -2.50. The van der Waals surface area contributed by atoms with Crippen LogP contribution in [0.3, 0.4) is 0 Å². The fraction of sp³-hybridized carbons (Fsp3) is 0.611. The minimum absolute atomic E-state index is 0.425. The van der Waals surface area contributed by atoms with E-state index in [0.29, 0.717) is 6.04 Å². The van der Waals surface area contributed by atoms with Crippen LogP contribution in [0.4, 0.5) is 0 Å². The van der Waals surface area contributed by atoms with E-state index in [4.69, 9.17) is 0 Å². The Bertz CT molecular complexity index is 453. The molecular formula is C18H25NO. The van der Waals surface area contributed by atoms with Gasteiger partial charge in [0.15, 0.2) is 0 Å². The molecule has 2 fully saturated rings. The van der Waals surface area contributed by atoms with Crippen molar-refractivity contribution in [2.75, 3.05) is 6.54 Å². The molecule has 0 spiro atoms. The van der Waals surface area contributed by atoms with E-state index in [0.717, 1.165) is 31.2 Å². The fourth-order valence-corrected chi connectivity index (χ4v) is 4.19. The quantitative estimate of drug-likeness (QED) is 0.770. The third-order valence-corrected chi connectivity index (χ3v) is 5.35. The molecule has 2 unspecified atom stereocenters. The number of likely N-dealkylation sites (tertiary alicyclic amines) is 1. The summed E-state index contributed by atoms with van der Waals surface area (Å²) in [5.74, 6) is 1.58. The highest BCUT2D eigenvalue weighted by Crippen LogP contribution is 2.40. The Hall–Kier alpha value is -1.31. The molecule has 0 N–H and O–H groups in total. The molecule has 1 amide bonds. The molecule has 2 aliphatic rings. The van der Waals surface area contributed by atoms with Crippen LogP contribution >= 0.6 is 0 Å². The first-order chi connectivity index (χ1) is 9.78. The van der Waals surface area contributed by atoms with Gasteiger partial charge in [0, 0.05) is 12.6 Å². The maximum Gasteiger partial charge on any atom is 0.209 e. The van der Waals surface area contributed by atoms with Crippen LogP contribution in [0.5, 0.6) is 0 Å². The molecule has 1 aromatic carbocycles. The summed E-state index contributed by atoms with van der Waals surface area (Å²) in [6.45, 7) is 3.08. The number of rotatable bonds is 3. The van der Waals surface area contributed by atoms with Gasteiger partial charge in [-0.3, -0.25) is 4.79 Å². The summed E-state index contributed by atoms with van der Waals surface area (Å²) in [5.41, 5.74) is 2.68. The first-order valence-corrected chi connectivity index (χ1v) is 8.04. The number of hydrogen-bond acceptors (Lipinski definition) is 1. The van der Waals surface area contributed by atoms with Gasteiger partial charge in [0.2, 0.25) is 6.41 Å². The summed E-state index contributed by atoms with van der Waals surface area (Å²) in [4.78, 5) is 13.5. The van der Waals surface area contributed by atoms with Gasteiger partial charge < -0.3 is 4.90 Å². The first-order valence-electron chi connectivity index (χ1n) is 8.04. The number of nitrogens with zero attached hydrogens (tertiary/aromatic N) is 1. The third-order valence-electron chi connectivity index (χ3n) is 5.35. The van der Waals surface area contributed by atoms with Crippen molar-refractivity contribution in [3.05, 3.63) is 35.4 Å². The Kier molecular flexibility index (Phi) is 4.09. The van der Waals surface area contributed by atoms with Crippen molar-refractivity contribution in [1.82, 2.24) is 4.90 Å². The van der Waals surface area contributed by atoms with Gasteiger partial charge in [-0.15, -0.1) is 0 Å². The number of amides is 1. The van der Waals surface area contributed by atoms with Gasteiger partial charge in [0.1, 0.15) is 0 Å². The Labute approximate surface area is 122 Å². The summed E-state index contributed by atoms with van der Waals surface area (Å²) in [6.07, 6.45) is 8.75. The highest BCUT2D eigenvalue weighted by Gasteiger charge is 2.38. The Morgan fingerprint density at radius 3 is 2.65 bits per heavy atom. The summed E-state index contributed by atoms with van der Waals surface area (Å²) in [6, 6.07) is 9.24. The molecule has 3 rings (SSSR count). The van der Waals surface area contributed by atoms with Gasteiger partial charge in [0.25, 0.3) is 0 Å². The van der Waals surface area contributed by atoms with Crippen LogP contribution < -0.4 is 0 Å². The number of hydrogen-bond donors (Lipinski definition) is 0. The first kappa shape index (κ1) is 13.7. The van der Waals surface area contributed by atoms with Gasteiger partial charge in [-0.1, -0.05) is 49.1 Å². The molecule has 2 nitrogen and oxygen atoms in total. The molecule has 1 aliphatic carbocycles. The van der Waals surface area contributed by atoms with Crippen LogP contribution in [-0.2, 0) is 11.2 Å². The van der Waals surface area contributed by atoms with Crippen molar-refractivity contribution >= 4 is 6.41 Å². The zero-order valence-electron chi connectivity index (χ0n) is 12.4. The molecule has 0 aromatic heterocycles. The van der Waals surface area contributed by atoms with E-state index in [1.165, 1.54) is 43.2 Å². The van der Waals surface area contributed by atoms with E-state index in [-0.39, 0.29) is 0 Å². The lowest BCUT2D eigenvalue weighted by atomic mass is 9.70. The average Bonchev–Trinajstić information content (AvgIpc) is 2.50. The smallest absolute Gasteiger partial charge is 0.209 e. The Morgan fingerprint density at radius 1 is 1.15 bits per heavy atom. The topological polar surface area (TPSA) is 20.3 Å². The molecule has 1 aromatic rings. The molecule has 0 bridgehead atoms. The molecule has 1 saturated carbocycles. The summed E-state index contributed by atoms with van der Waals surface area (Å²) in [7, 11) is 0. The predicted octanol–water partition coefficient (Wildman–Crippen LogP) is 3.57. The van der Waals surface area contributed by atoms with E-state index in [1.54, 1.807) is 0 Å². The normalized spacial score (nSPS) is 29.9. The second kappa shape index (κ2) is 5.99. The molecule has 2 heteroatoms. The largest absolute Gasteiger partial charge is 0.342 e. The van der Waals surface area contributed by atoms with Crippen LogP contribution in [0, 0.1) is 18.8 Å². The van der Waals surface area contributed by atoms with Crippen molar-refractivity contribution in [2.45, 2.75) is 51.5 Å². The lowest BCUT2D eigenvalue weighted by molar-refractivity contribution is -0.125. The molecular weight excluding hydrogens is 246 g/mol. The van der Waals surface area contributed by atoms with E-state index in [9.17, 15) is 4.79 Å². The lowest BCUT2D eigenvalue weighted by Gasteiger charge is -2.46. The Morgan fingerprint density at radius 2 is 1.90 bits per heavy atom. The third kappa shape index (κ3) is 2.74. The average molecular weight is 271 g/mol. The van der Waals surface area contributed by atoms with Gasteiger partial charge in [0.05, 0.1) is 0 Å². The predicted molar refractivity (Wildman–Crippen MR) is 81.5 cm³/mol. The molecule has 0 radical (unpaired) electrons.